The average Bonchev–Trinajstić information content (AvgIpc) is 2.54. The number of likely N-dealkylation sites (tertiary alicyclic amines) is 1. The summed E-state index contributed by atoms with van der Waals surface area (Å²) in [6, 6.07) is 10.7. The molecule has 2 unspecified atom stereocenters. The fourth-order valence-corrected chi connectivity index (χ4v) is 3.05. The summed E-state index contributed by atoms with van der Waals surface area (Å²) in [4.78, 5) is 2.56. The van der Waals surface area contributed by atoms with Crippen LogP contribution in [0.3, 0.4) is 0 Å². The maximum absolute atomic E-state index is 5.81. The number of rotatable bonds is 8. The smallest absolute Gasteiger partial charge is 0.119 e. The molecule has 0 aliphatic carbocycles. The summed E-state index contributed by atoms with van der Waals surface area (Å²) in [5.74, 6) is 1.76. The van der Waals surface area contributed by atoms with Gasteiger partial charge < -0.3 is 10.1 Å². The molecule has 0 spiro atoms. The van der Waals surface area contributed by atoms with E-state index in [1.807, 2.05) is 30.3 Å². The first-order valence-corrected chi connectivity index (χ1v) is 8.43. The van der Waals surface area contributed by atoms with Gasteiger partial charge in [0.05, 0.1) is 0 Å². The van der Waals surface area contributed by atoms with Crippen LogP contribution in [0.2, 0.25) is 0 Å². The maximum Gasteiger partial charge on any atom is 0.119 e. The predicted octanol–water partition coefficient (Wildman–Crippen LogP) is 3.17. The summed E-state index contributed by atoms with van der Waals surface area (Å²) in [7, 11) is 0. The van der Waals surface area contributed by atoms with Gasteiger partial charge in [0.1, 0.15) is 12.4 Å². The lowest BCUT2D eigenvalue weighted by Gasteiger charge is -2.36. The first-order chi connectivity index (χ1) is 10.3. The molecule has 3 heteroatoms. The lowest BCUT2D eigenvalue weighted by molar-refractivity contribution is 0.130. The molecule has 118 valence electrons. The van der Waals surface area contributed by atoms with E-state index < -0.39 is 0 Å². The van der Waals surface area contributed by atoms with E-state index in [4.69, 9.17) is 4.74 Å². The van der Waals surface area contributed by atoms with Crippen LogP contribution in [0.4, 0.5) is 0 Å². The van der Waals surface area contributed by atoms with Gasteiger partial charge in [-0.1, -0.05) is 25.1 Å². The SMILES string of the molecule is CCCNC(C)C1CCCN(CCOc2ccccc2)C1. The van der Waals surface area contributed by atoms with Crippen molar-refractivity contribution in [3.63, 3.8) is 0 Å². The minimum absolute atomic E-state index is 0.628. The zero-order chi connectivity index (χ0) is 14.9. The molecule has 2 atom stereocenters. The second-order valence-electron chi connectivity index (χ2n) is 6.11. The normalized spacial score (nSPS) is 21.1. The third-order valence-electron chi connectivity index (χ3n) is 4.38. The molecule has 1 N–H and O–H groups in total. The molecule has 1 aliphatic rings. The summed E-state index contributed by atoms with van der Waals surface area (Å²) in [5, 5.41) is 3.65. The van der Waals surface area contributed by atoms with Gasteiger partial charge >= 0.3 is 0 Å². The van der Waals surface area contributed by atoms with Gasteiger partial charge in [-0.25, -0.2) is 0 Å². The van der Waals surface area contributed by atoms with E-state index in [-0.39, 0.29) is 0 Å². The molecular formula is C18H30N2O. The Morgan fingerprint density at radius 3 is 2.90 bits per heavy atom. The number of hydrogen-bond donors (Lipinski definition) is 1. The van der Waals surface area contributed by atoms with Crippen LogP contribution in [-0.4, -0.2) is 43.7 Å². The molecule has 1 heterocycles. The minimum atomic E-state index is 0.628. The monoisotopic (exact) mass is 290 g/mol. The van der Waals surface area contributed by atoms with Gasteiger partial charge in [-0.15, -0.1) is 0 Å². The Morgan fingerprint density at radius 2 is 2.14 bits per heavy atom. The van der Waals surface area contributed by atoms with Gasteiger partial charge in [-0.3, -0.25) is 4.90 Å². The van der Waals surface area contributed by atoms with Gasteiger partial charge in [0, 0.05) is 19.1 Å². The number of nitrogens with zero attached hydrogens (tertiary/aromatic N) is 1. The largest absolute Gasteiger partial charge is 0.492 e. The standard InChI is InChI=1S/C18H30N2O/c1-3-11-19-16(2)17-8-7-12-20(15-17)13-14-21-18-9-5-4-6-10-18/h4-6,9-10,16-17,19H,3,7-8,11-15H2,1-2H3. The predicted molar refractivity (Wildman–Crippen MR) is 88.9 cm³/mol. The van der Waals surface area contributed by atoms with Crippen LogP contribution in [-0.2, 0) is 0 Å². The third-order valence-corrected chi connectivity index (χ3v) is 4.38. The summed E-state index contributed by atoms with van der Waals surface area (Å²) in [6.45, 7) is 9.94. The van der Waals surface area contributed by atoms with E-state index in [9.17, 15) is 0 Å². The van der Waals surface area contributed by atoms with Crippen LogP contribution in [0.25, 0.3) is 0 Å². The van der Waals surface area contributed by atoms with Crippen LogP contribution in [0.15, 0.2) is 30.3 Å². The lowest BCUT2D eigenvalue weighted by Crippen LogP contribution is -2.45. The zero-order valence-corrected chi connectivity index (χ0v) is 13.6. The number of nitrogens with one attached hydrogen (secondary N) is 1. The van der Waals surface area contributed by atoms with Crippen molar-refractivity contribution in [2.24, 2.45) is 5.92 Å². The molecular weight excluding hydrogens is 260 g/mol. The van der Waals surface area contributed by atoms with Crippen molar-refractivity contribution in [2.75, 3.05) is 32.8 Å². The molecule has 21 heavy (non-hydrogen) atoms. The second-order valence-corrected chi connectivity index (χ2v) is 6.11. The summed E-state index contributed by atoms with van der Waals surface area (Å²) in [5.41, 5.74) is 0. The van der Waals surface area contributed by atoms with Crippen LogP contribution in [0, 0.1) is 5.92 Å². The Bertz CT molecular complexity index is 382. The lowest BCUT2D eigenvalue weighted by atomic mass is 9.91. The van der Waals surface area contributed by atoms with Gasteiger partial charge in [-0.05, 0) is 57.3 Å². The number of hydrogen-bond acceptors (Lipinski definition) is 3. The number of piperidine rings is 1. The highest BCUT2D eigenvalue weighted by atomic mass is 16.5. The van der Waals surface area contributed by atoms with Crippen LogP contribution in [0.1, 0.15) is 33.1 Å². The number of ether oxygens (including phenoxy) is 1. The molecule has 0 radical (unpaired) electrons. The van der Waals surface area contributed by atoms with Crippen molar-refractivity contribution in [3.05, 3.63) is 30.3 Å². The molecule has 0 amide bonds. The van der Waals surface area contributed by atoms with E-state index in [1.54, 1.807) is 0 Å². The Labute approximate surface area is 129 Å². The van der Waals surface area contributed by atoms with Crippen molar-refractivity contribution >= 4 is 0 Å². The Morgan fingerprint density at radius 1 is 1.33 bits per heavy atom. The number of benzene rings is 1. The fourth-order valence-electron chi connectivity index (χ4n) is 3.05. The highest BCUT2D eigenvalue weighted by molar-refractivity contribution is 5.20. The fraction of sp³-hybridized carbons (Fsp3) is 0.667. The molecule has 2 rings (SSSR count). The zero-order valence-electron chi connectivity index (χ0n) is 13.6. The van der Waals surface area contributed by atoms with Crippen molar-refractivity contribution in [3.8, 4) is 5.75 Å². The maximum atomic E-state index is 5.81. The second kappa shape index (κ2) is 9.06. The molecule has 0 aromatic heterocycles. The van der Waals surface area contributed by atoms with Crippen molar-refractivity contribution in [2.45, 2.75) is 39.2 Å². The Kier molecular flexibility index (Phi) is 7.04. The topological polar surface area (TPSA) is 24.5 Å². The molecule has 1 aliphatic heterocycles. The van der Waals surface area contributed by atoms with Crippen molar-refractivity contribution < 1.29 is 4.74 Å². The summed E-state index contributed by atoms with van der Waals surface area (Å²) < 4.78 is 5.81. The molecule has 1 aromatic carbocycles. The average molecular weight is 290 g/mol. The van der Waals surface area contributed by atoms with Gasteiger partial charge in [0.25, 0.3) is 0 Å². The molecule has 1 aromatic rings. The first-order valence-electron chi connectivity index (χ1n) is 8.43. The third kappa shape index (κ3) is 5.68. The summed E-state index contributed by atoms with van der Waals surface area (Å²) in [6.07, 6.45) is 3.88. The Hall–Kier alpha value is -1.06. The van der Waals surface area contributed by atoms with Crippen LogP contribution < -0.4 is 10.1 Å². The molecule has 0 saturated carbocycles. The number of para-hydroxylation sites is 1. The minimum Gasteiger partial charge on any atom is -0.492 e. The van der Waals surface area contributed by atoms with Gasteiger partial charge in [0.2, 0.25) is 0 Å². The van der Waals surface area contributed by atoms with Gasteiger partial charge in [-0.2, -0.15) is 0 Å². The van der Waals surface area contributed by atoms with E-state index in [2.05, 4.69) is 24.1 Å². The highest BCUT2D eigenvalue weighted by Gasteiger charge is 2.23. The van der Waals surface area contributed by atoms with Crippen molar-refractivity contribution in [1.29, 1.82) is 0 Å². The molecule has 0 bridgehead atoms. The highest BCUT2D eigenvalue weighted by Crippen LogP contribution is 2.19. The van der Waals surface area contributed by atoms with Crippen LogP contribution in [0.5, 0.6) is 5.75 Å². The molecule has 1 saturated heterocycles. The van der Waals surface area contributed by atoms with E-state index >= 15 is 0 Å². The quantitative estimate of drug-likeness (QED) is 0.796. The summed E-state index contributed by atoms with van der Waals surface area (Å²) >= 11 is 0. The van der Waals surface area contributed by atoms with Crippen LogP contribution >= 0.6 is 0 Å². The van der Waals surface area contributed by atoms with Gasteiger partial charge in [0.15, 0.2) is 0 Å². The van der Waals surface area contributed by atoms with E-state index in [1.165, 1.54) is 32.4 Å². The molecule has 1 fully saturated rings. The first kappa shape index (κ1) is 16.3. The van der Waals surface area contributed by atoms with Crippen molar-refractivity contribution in [1.82, 2.24) is 10.2 Å². The molecule has 3 nitrogen and oxygen atoms in total. The van der Waals surface area contributed by atoms with E-state index in [0.29, 0.717) is 6.04 Å². The Balaban J connectivity index is 1.69. The van der Waals surface area contributed by atoms with E-state index in [0.717, 1.165) is 31.4 Å².